The Hall–Kier alpha value is 0.310. The molecule has 1 atom stereocenters. The Balaban J connectivity index is 2.36. The normalized spacial score (nSPS) is 20.2. The first-order chi connectivity index (χ1) is 7.67. The number of rotatable bonds is 7. The third kappa shape index (κ3) is 3.66. The zero-order valence-corrected chi connectivity index (χ0v) is 12.3. The highest BCUT2D eigenvalue weighted by Crippen LogP contribution is 2.31. The Morgan fingerprint density at radius 2 is 1.81 bits per heavy atom. The highest BCUT2D eigenvalue weighted by Gasteiger charge is 2.27. The summed E-state index contributed by atoms with van der Waals surface area (Å²) in [4.78, 5) is 0. The van der Waals surface area contributed by atoms with Crippen LogP contribution in [0.15, 0.2) is 0 Å². The van der Waals surface area contributed by atoms with Crippen LogP contribution in [0.25, 0.3) is 0 Å². The summed E-state index contributed by atoms with van der Waals surface area (Å²) in [5.41, 5.74) is 0. The molecule has 1 nitrogen and oxygen atoms in total. The summed E-state index contributed by atoms with van der Waals surface area (Å²) in [5.74, 6) is 0.938. The molecule has 16 heavy (non-hydrogen) atoms. The highest BCUT2D eigenvalue weighted by atomic mass is 32.2. The van der Waals surface area contributed by atoms with Crippen LogP contribution in [0.5, 0.6) is 0 Å². The lowest BCUT2D eigenvalue weighted by atomic mass is 9.97. The molecule has 1 saturated carbocycles. The zero-order chi connectivity index (χ0) is 12.0. The first-order valence-electron chi connectivity index (χ1n) is 6.96. The van der Waals surface area contributed by atoms with Gasteiger partial charge in [-0.3, -0.25) is 0 Å². The van der Waals surface area contributed by atoms with Crippen molar-refractivity contribution in [3.05, 3.63) is 0 Å². The number of hydrogen-bond acceptors (Lipinski definition) is 2. The maximum Gasteiger partial charge on any atom is 0.0276 e. The number of nitrogens with one attached hydrogen (secondary N) is 1. The van der Waals surface area contributed by atoms with Crippen LogP contribution in [0.1, 0.15) is 59.3 Å². The lowest BCUT2D eigenvalue weighted by Crippen LogP contribution is -2.43. The van der Waals surface area contributed by atoms with Crippen molar-refractivity contribution in [2.24, 2.45) is 5.92 Å². The molecule has 0 aliphatic heterocycles. The number of hydrogen-bond donors (Lipinski definition) is 1. The minimum absolute atomic E-state index is 0.465. The Morgan fingerprint density at radius 3 is 2.25 bits per heavy atom. The van der Waals surface area contributed by atoms with Gasteiger partial charge in [-0.05, 0) is 44.8 Å². The van der Waals surface area contributed by atoms with E-state index in [-0.39, 0.29) is 0 Å². The van der Waals surface area contributed by atoms with Gasteiger partial charge in [0.2, 0.25) is 0 Å². The summed E-state index contributed by atoms with van der Waals surface area (Å²) >= 11 is 2.04. The minimum atomic E-state index is 0.465. The van der Waals surface area contributed by atoms with Crippen LogP contribution in [0.2, 0.25) is 0 Å². The zero-order valence-electron chi connectivity index (χ0n) is 11.5. The van der Waals surface area contributed by atoms with Crippen molar-refractivity contribution >= 4 is 11.8 Å². The van der Waals surface area contributed by atoms with Crippen molar-refractivity contribution < 1.29 is 0 Å². The van der Waals surface area contributed by atoms with Crippen LogP contribution in [-0.2, 0) is 0 Å². The molecule has 0 aromatic heterocycles. The molecular weight excluding hydrogens is 214 g/mol. The van der Waals surface area contributed by atoms with E-state index < -0.39 is 0 Å². The summed E-state index contributed by atoms with van der Waals surface area (Å²) in [6.07, 6.45) is 10.6. The smallest absolute Gasteiger partial charge is 0.0276 e. The van der Waals surface area contributed by atoms with E-state index in [1.807, 2.05) is 11.8 Å². The van der Waals surface area contributed by atoms with E-state index >= 15 is 0 Å². The van der Waals surface area contributed by atoms with Gasteiger partial charge in [0.15, 0.2) is 0 Å². The van der Waals surface area contributed by atoms with Gasteiger partial charge in [-0.1, -0.05) is 26.7 Å². The fourth-order valence-corrected chi connectivity index (χ4v) is 3.64. The Kier molecular flexibility index (Phi) is 6.20. The van der Waals surface area contributed by atoms with Crippen molar-refractivity contribution in [1.29, 1.82) is 0 Å². The van der Waals surface area contributed by atoms with Crippen molar-refractivity contribution in [2.75, 3.05) is 12.8 Å². The summed E-state index contributed by atoms with van der Waals surface area (Å²) in [7, 11) is 0. The monoisotopic (exact) mass is 243 g/mol. The van der Waals surface area contributed by atoms with E-state index in [0.717, 1.165) is 5.92 Å². The molecule has 0 aromatic rings. The van der Waals surface area contributed by atoms with Gasteiger partial charge in [-0.2, -0.15) is 11.8 Å². The van der Waals surface area contributed by atoms with Gasteiger partial charge in [0.25, 0.3) is 0 Å². The quantitative estimate of drug-likeness (QED) is 0.723. The molecule has 1 aliphatic carbocycles. The lowest BCUT2D eigenvalue weighted by Gasteiger charge is -2.33. The summed E-state index contributed by atoms with van der Waals surface area (Å²) in [6.45, 7) is 8.20. The molecule has 0 amide bonds. The summed E-state index contributed by atoms with van der Waals surface area (Å²) < 4.78 is 0.465. The van der Waals surface area contributed by atoms with Crippen molar-refractivity contribution in [3.8, 4) is 0 Å². The van der Waals surface area contributed by atoms with Gasteiger partial charge in [0.1, 0.15) is 0 Å². The average Bonchev–Trinajstić information content (AvgIpc) is 2.85. The predicted molar refractivity (Wildman–Crippen MR) is 76.3 cm³/mol. The first-order valence-corrected chi connectivity index (χ1v) is 8.18. The average molecular weight is 243 g/mol. The van der Waals surface area contributed by atoms with E-state index in [4.69, 9.17) is 0 Å². The third-order valence-corrected chi connectivity index (χ3v) is 6.16. The van der Waals surface area contributed by atoms with Crippen LogP contribution < -0.4 is 5.32 Å². The van der Waals surface area contributed by atoms with Crippen LogP contribution in [0.3, 0.4) is 0 Å². The van der Waals surface area contributed by atoms with Crippen LogP contribution in [-0.4, -0.2) is 23.6 Å². The van der Waals surface area contributed by atoms with E-state index in [2.05, 4.69) is 32.3 Å². The van der Waals surface area contributed by atoms with Gasteiger partial charge in [-0.25, -0.2) is 0 Å². The maximum atomic E-state index is 3.80. The molecular formula is C14H29NS. The van der Waals surface area contributed by atoms with E-state index in [1.165, 1.54) is 45.1 Å². The standard InChI is InChI=1S/C14H29NS/c1-5-14(6-2,16-4)11-15-12(3)13-9-7-8-10-13/h12-13,15H,5-11H2,1-4H3. The fraction of sp³-hybridized carbons (Fsp3) is 1.00. The topological polar surface area (TPSA) is 12.0 Å². The Labute approximate surface area is 106 Å². The molecule has 0 spiro atoms. The number of thioether (sulfide) groups is 1. The van der Waals surface area contributed by atoms with E-state index in [1.54, 1.807) is 0 Å². The first kappa shape index (κ1) is 14.4. The highest BCUT2D eigenvalue weighted by molar-refractivity contribution is 8.00. The second-order valence-electron chi connectivity index (χ2n) is 5.31. The van der Waals surface area contributed by atoms with Crippen molar-refractivity contribution in [1.82, 2.24) is 5.32 Å². The molecule has 0 heterocycles. The fourth-order valence-electron chi connectivity index (χ4n) is 2.83. The maximum absolute atomic E-state index is 3.80. The van der Waals surface area contributed by atoms with Gasteiger partial charge in [-0.15, -0.1) is 0 Å². The predicted octanol–water partition coefficient (Wildman–Crippen LogP) is 4.08. The SMILES string of the molecule is CCC(CC)(CNC(C)C1CCCC1)SC. The van der Waals surface area contributed by atoms with Crippen LogP contribution in [0, 0.1) is 5.92 Å². The largest absolute Gasteiger partial charge is 0.313 e. The van der Waals surface area contributed by atoms with Gasteiger partial charge in [0.05, 0.1) is 0 Å². The van der Waals surface area contributed by atoms with E-state index in [9.17, 15) is 0 Å². The molecule has 1 aliphatic rings. The third-order valence-electron chi connectivity index (χ3n) is 4.57. The molecule has 1 rings (SSSR count). The molecule has 0 aromatic carbocycles. The molecule has 2 heteroatoms. The van der Waals surface area contributed by atoms with Crippen molar-refractivity contribution in [2.45, 2.75) is 70.1 Å². The molecule has 0 bridgehead atoms. The van der Waals surface area contributed by atoms with Crippen LogP contribution >= 0.6 is 11.8 Å². The van der Waals surface area contributed by atoms with Gasteiger partial charge >= 0.3 is 0 Å². The second kappa shape index (κ2) is 6.90. The minimum Gasteiger partial charge on any atom is -0.313 e. The van der Waals surface area contributed by atoms with Gasteiger partial charge < -0.3 is 5.32 Å². The molecule has 1 fully saturated rings. The van der Waals surface area contributed by atoms with E-state index in [0.29, 0.717) is 10.8 Å². The molecule has 1 unspecified atom stereocenters. The molecule has 0 saturated heterocycles. The molecule has 96 valence electrons. The molecule has 0 radical (unpaired) electrons. The second-order valence-corrected chi connectivity index (χ2v) is 6.58. The Morgan fingerprint density at radius 1 is 1.25 bits per heavy atom. The lowest BCUT2D eigenvalue weighted by molar-refractivity contribution is 0.357. The Bertz CT molecular complexity index is 175. The molecule has 1 N–H and O–H groups in total. The van der Waals surface area contributed by atoms with Gasteiger partial charge in [0, 0.05) is 17.3 Å². The summed E-state index contributed by atoms with van der Waals surface area (Å²) in [6, 6.07) is 0.715. The van der Waals surface area contributed by atoms with Crippen LogP contribution in [0.4, 0.5) is 0 Å². The van der Waals surface area contributed by atoms with Crippen molar-refractivity contribution in [3.63, 3.8) is 0 Å². The summed E-state index contributed by atoms with van der Waals surface area (Å²) in [5, 5.41) is 3.80.